The Hall–Kier alpha value is -2.67. The summed E-state index contributed by atoms with van der Waals surface area (Å²) in [7, 11) is 0. The lowest BCUT2D eigenvalue weighted by molar-refractivity contribution is -0.116. The summed E-state index contributed by atoms with van der Waals surface area (Å²) < 4.78 is 7.18. The second kappa shape index (κ2) is 7.48. The fourth-order valence-corrected chi connectivity index (χ4v) is 2.95. The molecule has 7 nitrogen and oxygen atoms in total. The second-order valence-electron chi connectivity index (χ2n) is 6.20. The molecule has 2 heterocycles. The van der Waals surface area contributed by atoms with Gasteiger partial charge in [0.1, 0.15) is 0 Å². The number of benzene rings is 1. The second-order valence-corrected chi connectivity index (χ2v) is 6.20. The van der Waals surface area contributed by atoms with E-state index in [1.54, 1.807) is 24.4 Å². The number of carboxylic acids is 1. The standard InChI is InChI=1S/C18H21N3O4/c1-12-6-7-13(25-12)8-9-17(22)19-14-4-2-3-5-16(14)21-11-10-15(20-21)18(23)24/h2-5,10-13H,6-9H2,1H3,(H,19,22)(H,23,24). The first-order chi connectivity index (χ1) is 12.0. The summed E-state index contributed by atoms with van der Waals surface area (Å²) in [6.07, 6.45) is 5.10. The molecule has 2 atom stereocenters. The van der Waals surface area contributed by atoms with Gasteiger partial charge in [-0.25, -0.2) is 9.48 Å². The van der Waals surface area contributed by atoms with Gasteiger partial charge in [-0.1, -0.05) is 12.1 Å². The number of carbonyl (C=O) groups is 2. The minimum atomic E-state index is -1.09. The third kappa shape index (κ3) is 4.24. The van der Waals surface area contributed by atoms with Crippen LogP contribution in [0.5, 0.6) is 0 Å². The summed E-state index contributed by atoms with van der Waals surface area (Å²) >= 11 is 0. The molecule has 132 valence electrons. The van der Waals surface area contributed by atoms with E-state index in [1.807, 2.05) is 13.0 Å². The van der Waals surface area contributed by atoms with Gasteiger partial charge in [0.2, 0.25) is 5.91 Å². The molecule has 1 saturated heterocycles. The van der Waals surface area contributed by atoms with E-state index in [4.69, 9.17) is 9.84 Å². The number of ether oxygens (including phenoxy) is 1. The number of carboxylic acid groups (broad SMARTS) is 1. The summed E-state index contributed by atoms with van der Waals surface area (Å²) in [6.45, 7) is 2.05. The quantitative estimate of drug-likeness (QED) is 0.841. The molecular weight excluding hydrogens is 322 g/mol. The number of hydrogen-bond acceptors (Lipinski definition) is 4. The third-order valence-electron chi connectivity index (χ3n) is 4.25. The molecule has 1 aromatic carbocycles. The van der Waals surface area contributed by atoms with E-state index in [1.165, 1.54) is 10.7 Å². The maximum atomic E-state index is 12.3. The molecule has 1 aromatic heterocycles. The Morgan fingerprint density at radius 1 is 1.32 bits per heavy atom. The van der Waals surface area contributed by atoms with Crippen LogP contribution in [-0.4, -0.2) is 39.0 Å². The van der Waals surface area contributed by atoms with Crippen molar-refractivity contribution in [1.29, 1.82) is 0 Å². The molecule has 2 N–H and O–H groups in total. The predicted octanol–water partition coefficient (Wildman–Crippen LogP) is 2.86. The molecule has 3 rings (SSSR count). The molecular formula is C18H21N3O4. The summed E-state index contributed by atoms with van der Waals surface area (Å²) in [5.74, 6) is -1.19. The van der Waals surface area contributed by atoms with Gasteiger partial charge in [-0.15, -0.1) is 0 Å². The van der Waals surface area contributed by atoms with Crippen molar-refractivity contribution < 1.29 is 19.4 Å². The largest absolute Gasteiger partial charge is 0.476 e. The van der Waals surface area contributed by atoms with Crippen molar-refractivity contribution in [2.75, 3.05) is 5.32 Å². The van der Waals surface area contributed by atoms with Crippen molar-refractivity contribution in [1.82, 2.24) is 9.78 Å². The maximum absolute atomic E-state index is 12.3. The Labute approximate surface area is 145 Å². The van der Waals surface area contributed by atoms with Crippen LogP contribution in [0.15, 0.2) is 36.5 Å². The number of anilines is 1. The van der Waals surface area contributed by atoms with Crippen molar-refractivity contribution in [2.24, 2.45) is 0 Å². The van der Waals surface area contributed by atoms with Crippen LogP contribution in [0.3, 0.4) is 0 Å². The highest BCUT2D eigenvalue weighted by atomic mass is 16.5. The molecule has 1 fully saturated rings. The summed E-state index contributed by atoms with van der Waals surface area (Å²) in [5, 5.41) is 15.9. The number of aromatic carboxylic acids is 1. The smallest absolute Gasteiger partial charge is 0.356 e. The molecule has 1 amide bonds. The van der Waals surface area contributed by atoms with Gasteiger partial charge in [-0.05, 0) is 44.4 Å². The van der Waals surface area contributed by atoms with Gasteiger partial charge in [0, 0.05) is 12.6 Å². The van der Waals surface area contributed by atoms with E-state index in [2.05, 4.69) is 10.4 Å². The van der Waals surface area contributed by atoms with Gasteiger partial charge < -0.3 is 15.2 Å². The Morgan fingerprint density at radius 3 is 2.80 bits per heavy atom. The monoisotopic (exact) mass is 343 g/mol. The highest BCUT2D eigenvalue weighted by molar-refractivity contribution is 5.93. The van der Waals surface area contributed by atoms with Crippen molar-refractivity contribution in [2.45, 2.75) is 44.8 Å². The lowest BCUT2D eigenvalue weighted by atomic mass is 10.1. The first kappa shape index (κ1) is 17.2. The normalized spacial score (nSPS) is 19.7. The van der Waals surface area contributed by atoms with Crippen LogP contribution < -0.4 is 5.32 Å². The lowest BCUT2D eigenvalue weighted by Gasteiger charge is -2.13. The minimum absolute atomic E-state index is 0.0476. The molecule has 0 spiro atoms. The van der Waals surface area contributed by atoms with Crippen LogP contribution in [-0.2, 0) is 9.53 Å². The molecule has 1 aliphatic rings. The topological polar surface area (TPSA) is 93.5 Å². The zero-order chi connectivity index (χ0) is 17.8. The third-order valence-corrected chi connectivity index (χ3v) is 4.25. The average Bonchev–Trinajstić information content (AvgIpc) is 3.23. The van der Waals surface area contributed by atoms with Gasteiger partial charge in [-0.2, -0.15) is 5.10 Å². The van der Waals surface area contributed by atoms with Crippen LogP contribution >= 0.6 is 0 Å². The molecule has 7 heteroatoms. The highest BCUT2D eigenvalue weighted by Gasteiger charge is 2.22. The van der Waals surface area contributed by atoms with Crippen molar-refractivity contribution in [3.8, 4) is 5.69 Å². The molecule has 0 saturated carbocycles. The summed E-state index contributed by atoms with van der Waals surface area (Å²) in [6, 6.07) is 8.57. The Morgan fingerprint density at radius 2 is 2.12 bits per heavy atom. The van der Waals surface area contributed by atoms with E-state index < -0.39 is 5.97 Å². The fourth-order valence-electron chi connectivity index (χ4n) is 2.95. The van der Waals surface area contributed by atoms with Gasteiger partial charge in [-0.3, -0.25) is 4.79 Å². The van der Waals surface area contributed by atoms with Gasteiger partial charge in [0.15, 0.2) is 5.69 Å². The first-order valence-corrected chi connectivity index (χ1v) is 8.36. The fraction of sp³-hybridized carbons (Fsp3) is 0.389. The van der Waals surface area contributed by atoms with Gasteiger partial charge in [0.05, 0.1) is 23.6 Å². The number of rotatable bonds is 6. The lowest BCUT2D eigenvalue weighted by Crippen LogP contribution is -2.17. The van der Waals surface area contributed by atoms with E-state index in [9.17, 15) is 9.59 Å². The number of nitrogens with one attached hydrogen (secondary N) is 1. The highest BCUT2D eigenvalue weighted by Crippen LogP contribution is 2.24. The van der Waals surface area contributed by atoms with Crippen LogP contribution in [0.2, 0.25) is 0 Å². The zero-order valence-electron chi connectivity index (χ0n) is 14.0. The zero-order valence-corrected chi connectivity index (χ0v) is 14.0. The predicted molar refractivity (Wildman–Crippen MR) is 92.0 cm³/mol. The Bertz CT molecular complexity index is 771. The molecule has 0 aliphatic carbocycles. The maximum Gasteiger partial charge on any atom is 0.356 e. The number of carbonyl (C=O) groups excluding carboxylic acids is 1. The molecule has 1 aliphatic heterocycles. The number of nitrogens with zero attached hydrogens (tertiary/aromatic N) is 2. The van der Waals surface area contributed by atoms with E-state index >= 15 is 0 Å². The molecule has 0 radical (unpaired) electrons. The number of amides is 1. The van der Waals surface area contributed by atoms with E-state index in [0.29, 0.717) is 24.2 Å². The van der Waals surface area contributed by atoms with Gasteiger partial charge >= 0.3 is 5.97 Å². The molecule has 2 aromatic rings. The molecule has 25 heavy (non-hydrogen) atoms. The van der Waals surface area contributed by atoms with Crippen LogP contribution in [0, 0.1) is 0 Å². The molecule has 0 bridgehead atoms. The molecule has 2 unspecified atom stereocenters. The first-order valence-electron chi connectivity index (χ1n) is 8.36. The average molecular weight is 343 g/mol. The minimum Gasteiger partial charge on any atom is -0.476 e. The summed E-state index contributed by atoms with van der Waals surface area (Å²) in [5.41, 5.74) is 1.16. The number of hydrogen-bond donors (Lipinski definition) is 2. The Kier molecular flexibility index (Phi) is 5.14. The van der Waals surface area contributed by atoms with Crippen molar-refractivity contribution >= 4 is 17.6 Å². The van der Waals surface area contributed by atoms with Crippen molar-refractivity contribution in [3.63, 3.8) is 0 Å². The van der Waals surface area contributed by atoms with E-state index in [-0.39, 0.29) is 23.8 Å². The number of aromatic nitrogens is 2. The van der Waals surface area contributed by atoms with Crippen LogP contribution in [0.1, 0.15) is 43.1 Å². The number of para-hydroxylation sites is 2. The van der Waals surface area contributed by atoms with Crippen LogP contribution in [0.4, 0.5) is 5.69 Å². The van der Waals surface area contributed by atoms with Gasteiger partial charge in [0.25, 0.3) is 0 Å². The van der Waals surface area contributed by atoms with E-state index in [0.717, 1.165) is 12.8 Å². The SMILES string of the molecule is CC1CCC(CCC(=O)Nc2ccccc2-n2ccc(C(=O)O)n2)O1. The van der Waals surface area contributed by atoms with Crippen molar-refractivity contribution in [3.05, 3.63) is 42.2 Å². The van der Waals surface area contributed by atoms with Crippen LogP contribution in [0.25, 0.3) is 5.69 Å². The Balaban J connectivity index is 1.66. The summed E-state index contributed by atoms with van der Waals surface area (Å²) in [4.78, 5) is 23.2.